The Morgan fingerprint density at radius 3 is 2.59 bits per heavy atom. The Hall–Kier alpha value is -3.66. The van der Waals surface area contributed by atoms with E-state index in [0.29, 0.717) is 28.9 Å². The quantitative estimate of drug-likeness (QED) is 0.438. The number of aryl methyl sites for hydroxylation is 1. The molecule has 0 spiro atoms. The maximum atomic E-state index is 12.2. The van der Waals surface area contributed by atoms with Crippen LogP contribution in [0.15, 0.2) is 47.0 Å². The van der Waals surface area contributed by atoms with Gasteiger partial charge in [0.2, 0.25) is 11.7 Å². The van der Waals surface area contributed by atoms with Gasteiger partial charge in [-0.1, -0.05) is 43.3 Å². The summed E-state index contributed by atoms with van der Waals surface area (Å²) in [5.74, 6) is 1.41. The molecule has 0 saturated heterocycles. The van der Waals surface area contributed by atoms with E-state index in [1.54, 1.807) is 6.07 Å². The number of carbonyl (C=O) groups excluding carboxylic acids is 1. The summed E-state index contributed by atoms with van der Waals surface area (Å²) in [5, 5.41) is 12.9. The summed E-state index contributed by atoms with van der Waals surface area (Å²) in [4.78, 5) is 16.5. The Morgan fingerprint density at radius 2 is 1.93 bits per heavy atom. The van der Waals surface area contributed by atoms with E-state index in [9.17, 15) is 4.79 Å². The van der Waals surface area contributed by atoms with Crippen LogP contribution >= 0.6 is 0 Å². The first kappa shape index (κ1) is 20.1. The first-order valence-corrected chi connectivity index (χ1v) is 9.22. The van der Waals surface area contributed by atoms with Gasteiger partial charge in [0.1, 0.15) is 0 Å². The summed E-state index contributed by atoms with van der Waals surface area (Å²) in [6, 6.07) is 14.6. The molecule has 3 aromatic rings. The summed E-state index contributed by atoms with van der Waals surface area (Å²) >= 11 is 0. The highest BCUT2D eigenvalue weighted by Gasteiger charge is 2.14. The van der Waals surface area contributed by atoms with Gasteiger partial charge < -0.3 is 14.0 Å². The van der Waals surface area contributed by atoms with Crippen LogP contribution in [0, 0.1) is 11.3 Å². The fourth-order valence-corrected chi connectivity index (χ4v) is 2.69. The van der Waals surface area contributed by atoms with Gasteiger partial charge in [0.15, 0.2) is 11.5 Å². The van der Waals surface area contributed by atoms with Gasteiger partial charge in [0, 0.05) is 18.1 Å². The van der Waals surface area contributed by atoms with E-state index in [0.717, 1.165) is 5.56 Å². The molecule has 0 atom stereocenters. The molecule has 148 valence electrons. The number of carbonyl (C=O) groups is 1. The minimum absolute atomic E-state index is 0.0665. The third-order valence-corrected chi connectivity index (χ3v) is 4.36. The van der Waals surface area contributed by atoms with Crippen LogP contribution in [0.2, 0.25) is 0 Å². The first-order chi connectivity index (χ1) is 14.0. The summed E-state index contributed by atoms with van der Waals surface area (Å²) in [6.45, 7) is 4.27. The molecule has 0 aliphatic carbocycles. The van der Waals surface area contributed by atoms with Crippen molar-refractivity contribution in [3.63, 3.8) is 0 Å². The minimum Gasteiger partial charge on any atom is -0.493 e. The monoisotopic (exact) mass is 391 g/mol. The lowest BCUT2D eigenvalue weighted by Crippen LogP contribution is -2.10. The second-order valence-electron chi connectivity index (χ2n) is 6.74. The summed E-state index contributed by atoms with van der Waals surface area (Å²) in [5.41, 5.74) is 2.51. The number of nitriles is 1. The van der Waals surface area contributed by atoms with E-state index in [4.69, 9.17) is 19.3 Å². The van der Waals surface area contributed by atoms with Crippen molar-refractivity contribution in [2.45, 2.75) is 32.6 Å². The molecule has 0 fully saturated rings. The van der Waals surface area contributed by atoms with Crippen molar-refractivity contribution in [1.82, 2.24) is 10.1 Å². The molecule has 0 N–H and O–H groups in total. The van der Waals surface area contributed by atoms with Gasteiger partial charge >= 0.3 is 5.97 Å². The second kappa shape index (κ2) is 9.02. The van der Waals surface area contributed by atoms with E-state index >= 15 is 0 Å². The van der Waals surface area contributed by atoms with Crippen molar-refractivity contribution in [3.8, 4) is 29.0 Å². The lowest BCUT2D eigenvalue weighted by Gasteiger charge is -2.08. The van der Waals surface area contributed by atoms with Crippen LogP contribution in [0.3, 0.4) is 0 Å². The number of rotatable bonds is 7. The van der Waals surface area contributed by atoms with Crippen LogP contribution in [0.25, 0.3) is 11.4 Å². The van der Waals surface area contributed by atoms with Gasteiger partial charge in [0.25, 0.3) is 0 Å². The summed E-state index contributed by atoms with van der Waals surface area (Å²) in [6.07, 6.45) is 0.325. The topological polar surface area (TPSA) is 98.2 Å². The fourth-order valence-electron chi connectivity index (χ4n) is 2.69. The van der Waals surface area contributed by atoms with Gasteiger partial charge in [-0.25, -0.2) is 0 Å². The van der Waals surface area contributed by atoms with E-state index in [2.05, 4.69) is 24.0 Å². The normalized spacial score (nSPS) is 10.6. The highest BCUT2D eigenvalue weighted by atomic mass is 16.6. The Balaban J connectivity index is 1.59. The molecule has 7 heteroatoms. The second-order valence-corrected chi connectivity index (χ2v) is 6.74. The van der Waals surface area contributed by atoms with Crippen molar-refractivity contribution in [1.29, 1.82) is 5.26 Å². The maximum Gasteiger partial charge on any atom is 0.311 e. The smallest absolute Gasteiger partial charge is 0.311 e. The lowest BCUT2D eigenvalue weighted by molar-refractivity contribution is -0.134. The summed E-state index contributed by atoms with van der Waals surface area (Å²) < 4.78 is 15.7. The number of hydrogen-bond donors (Lipinski definition) is 0. The van der Waals surface area contributed by atoms with Gasteiger partial charge in [-0.3, -0.25) is 4.79 Å². The maximum absolute atomic E-state index is 12.2. The van der Waals surface area contributed by atoms with Crippen molar-refractivity contribution in [3.05, 3.63) is 59.5 Å². The van der Waals surface area contributed by atoms with Crippen LogP contribution in [0.4, 0.5) is 0 Å². The largest absolute Gasteiger partial charge is 0.493 e. The van der Waals surface area contributed by atoms with E-state index < -0.39 is 5.97 Å². The molecular formula is C22H21N3O4. The molecule has 7 nitrogen and oxygen atoms in total. The molecule has 0 saturated carbocycles. The zero-order valence-corrected chi connectivity index (χ0v) is 16.5. The van der Waals surface area contributed by atoms with Crippen molar-refractivity contribution in [2.75, 3.05) is 7.11 Å². The number of nitrogens with zero attached hydrogens (tertiary/aromatic N) is 3. The Kier molecular flexibility index (Phi) is 6.25. The van der Waals surface area contributed by atoms with E-state index in [1.807, 2.05) is 30.3 Å². The summed E-state index contributed by atoms with van der Waals surface area (Å²) in [7, 11) is 1.45. The number of hydrogen-bond acceptors (Lipinski definition) is 7. The molecule has 0 amide bonds. The molecule has 0 unspecified atom stereocenters. The van der Waals surface area contributed by atoms with Gasteiger partial charge in [-0.2, -0.15) is 10.2 Å². The molecule has 29 heavy (non-hydrogen) atoms. The predicted octanol–water partition coefficient (Wildman–Crippen LogP) is 4.28. The molecule has 3 rings (SSSR count). The van der Waals surface area contributed by atoms with Gasteiger partial charge in [-0.15, -0.1) is 0 Å². The van der Waals surface area contributed by atoms with E-state index in [1.165, 1.54) is 24.8 Å². The molecule has 2 aromatic carbocycles. The molecule has 0 radical (unpaired) electrons. The highest BCUT2D eigenvalue weighted by Crippen LogP contribution is 2.28. The van der Waals surface area contributed by atoms with Crippen molar-refractivity contribution < 1.29 is 18.8 Å². The molecule has 0 aliphatic heterocycles. The standard InChI is InChI=1S/C22H21N3O4/c1-14(2)16-5-7-17(8-6-16)22-24-20(29-25-22)10-11-21(26)28-18-9-4-15(13-23)12-19(18)27-3/h4-9,12,14H,10-11H2,1-3H3. The number of ether oxygens (including phenoxy) is 2. The van der Waals surface area contributed by atoms with Crippen LogP contribution in [0.1, 0.15) is 43.2 Å². The van der Waals surface area contributed by atoms with Crippen LogP contribution in [0.5, 0.6) is 11.5 Å². The lowest BCUT2D eigenvalue weighted by atomic mass is 10.0. The number of aromatic nitrogens is 2. The van der Waals surface area contributed by atoms with Gasteiger partial charge in [-0.05, 0) is 23.6 Å². The van der Waals surface area contributed by atoms with Crippen LogP contribution < -0.4 is 9.47 Å². The van der Waals surface area contributed by atoms with Gasteiger partial charge in [0.05, 0.1) is 25.2 Å². The predicted molar refractivity (Wildman–Crippen MR) is 105 cm³/mol. The fraction of sp³-hybridized carbons (Fsp3) is 0.273. The highest BCUT2D eigenvalue weighted by molar-refractivity contribution is 5.73. The Morgan fingerprint density at radius 1 is 1.17 bits per heavy atom. The Bertz CT molecular complexity index is 1030. The third kappa shape index (κ3) is 4.99. The van der Waals surface area contributed by atoms with Crippen LogP contribution in [-0.4, -0.2) is 23.2 Å². The SMILES string of the molecule is COc1cc(C#N)ccc1OC(=O)CCc1nc(-c2ccc(C(C)C)cc2)no1. The van der Waals surface area contributed by atoms with Crippen molar-refractivity contribution >= 4 is 5.97 Å². The third-order valence-electron chi connectivity index (χ3n) is 4.36. The number of benzene rings is 2. The molecular weight excluding hydrogens is 370 g/mol. The number of methoxy groups -OCH3 is 1. The average molecular weight is 391 g/mol. The average Bonchev–Trinajstić information content (AvgIpc) is 3.21. The zero-order valence-electron chi connectivity index (χ0n) is 16.5. The van der Waals surface area contributed by atoms with Crippen LogP contribution in [-0.2, 0) is 11.2 Å². The molecule has 0 aliphatic rings. The Labute approximate surface area is 168 Å². The van der Waals surface area contributed by atoms with E-state index in [-0.39, 0.29) is 18.6 Å². The number of esters is 1. The van der Waals surface area contributed by atoms with Crippen molar-refractivity contribution in [2.24, 2.45) is 0 Å². The first-order valence-electron chi connectivity index (χ1n) is 9.22. The molecule has 1 aromatic heterocycles. The minimum atomic E-state index is -0.464. The zero-order chi connectivity index (χ0) is 20.8. The molecule has 1 heterocycles. The molecule has 0 bridgehead atoms.